The van der Waals surface area contributed by atoms with Crippen LogP contribution < -0.4 is 5.32 Å². The molecule has 0 unspecified atom stereocenters. The molecule has 4 rings (SSSR count). The first-order valence-corrected chi connectivity index (χ1v) is 8.79. The fraction of sp³-hybridized carbons (Fsp3) is 0.200. The van der Waals surface area contributed by atoms with Crippen molar-refractivity contribution in [1.29, 1.82) is 0 Å². The van der Waals surface area contributed by atoms with E-state index in [4.69, 9.17) is 9.26 Å². The number of para-hydroxylation sites is 1. The number of carbonyl (C=O) groups excluding carboxylic acids is 1. The van der Waals surface area contributed by atoms with Gasteiger partial charge in [0.25, 0.3) is 5.91 Å². The normalized spacial score (nSPS) is 11.1. The summed E-state index contributed by atoms with van der Waals surface area (Å²) in [7, 11) is 1.55. The van der Waals surface area contributed by atoms with Gasteiger partial charge in [-0.3, -0.25) is 9.36 Å². The van der Waals surface area contributed by atoms with Crippen LogP contribution in [0.3, 0.4) is 0 Å². The van der Waals surface area contributed by atoms with Crippen LogP contribution in [0.4, 0.5) is 0 Å². The Kier molecular flexibility index (Phi) is 4.86. The van der Waals surface area contributed by atoms with Crippen molar-refractivity contribution in [2.24, 2.45) is 0 Å². The Bertz CT molecular complexity index is 1120. The lowest BCUT2D eigenvalue weighted by molar-refractivity contribution is 0.0946. The molecule has 1 amide bonds. The molecule has 0 saturated heterocycles. The molecular formula is C20H19N5O3. The number of benzene rings is 2. The molecule has 0 bridgehead atoms. The molecule has 0 aliphatic rings. The number of amides is 1. The van der Waals surface area contributed by atoms with Gasteiger partial charge in [-0.15, -0.1) is 0 Å². The number of ether oxygens (including phenoxy) is 1. The summed E-state index contributed by atoms with van der Waals surface area (Å²) in [6, 6.07) is 15.5. The summed E-state index contributed by atoms with van der Waals surface area (Å²) in [6.45, 7) is 2.35. The first-order valence-electron chi connectivity index (χ1n) is 8.79. The molecule has 2 aromatic carbocycles. The fourth-order valence-corrected chi connectivity index (χ4v) is 3.05. The highest BCUT2D eigenvalue weighted by molar-refractivity contribution is 5.97. The number of fused-ring (bicyclic) bond motifs is 1. The smallest absolute Gasteiger partial charge is 0.251 e. The van der Waals surface area contributed by atoms with Crippen molar-refractivity contribution in [3.8, 4) is 5.69 Å². The number of nitrogens with one attached hydrogen (secondary N) is 1. The van der Waals surface area contributed by atoms with Crippen molar-refractivity contribution >= 4 is 16.9 Å². The van der Waals surface area contributed by atoms with Gasteiger partial charge in [-0.25, -0.2) is 4.98 Å². The summed E-state index contributed by atoms with van der Waals surface area (Å²) >= 11 is 0. The van der Waals surface area contributed by atoms with Crippen molar-refractivity contribution in [3.63, 3.8) is 0 Å². The van der Waals surface area contributed by atoms with Crippen LogP contribution in [0.2, 0.25) is 0 Å². The Morgan fingerprint density at radius 3 is 2.79 bits per heavy atom. The number of hydrogen-bond donors (Lipinski definition) is 1. The highest BCUT2D eigenvalue weighted by atomic mass is 16.5. The summed E-state index contributed by atoms with van der Waals surface area (Å²) < 4.78 is 12.1. The minimum atomic E-state index is -0.236. The zero-order valence-electron chi connectivity index (χ0n) is 15.5. The third-order valence-electron chi connectivity index (χ3n) is 4.28. The lowest BCUT2D eigenvalue weighted by Crippen LogP contribution is -2.22. The van der Waals surface area contributed by atoms with E-state index >= 15 is 0 Å². The molecule has 0 aliphatic carbocycles. The Labute approximate surface area is 161 Å². The molecule has 0 saturated carbocycles. The predicted octanol–water partition coefficient (Wildman–Crippen LogP) is 2.79. The zero-order valence-corrected chi connectivity index (χ0v) is 15.5. The largest absolute Gasteiger partial charge is 0.377 e. The first-order chi connectivity index (χ1) is 13.7. The van der Waals surface area contributed by atoms with E-state index in [0.717, 1.165) is 22.5 Å². The van der Waals surface area contributed by atoms with Gasteiger partial charge in [-0.2, -0.15) is 4.98 Å². The molecule has 28 heavy (non-hydrogen) atoms. The lowest BCUT2D eigenvalue weighted by atomic mass is 10.2. The Morgan fingerprint density at radius 1 is 1.18 bits per heavy atom. The molecular weight excluding hydrogens is 358 g/mol. The van der Waals surface area contributed by atoms with E-state index in [9.17, 15) is 4.79 Å². The van der Waals surface area contributed by atoms with E-state index in [2.05, 4.69) is 25.0 Å². The third-order valence-corrected chi connectivity index (χ3v) is 4.28. The van der Waals surface area contributed by atoms with Crippen LogP contribution in [-0.4, -0.2) is 32.7 Å². The van der Waals surface area contributed by atoms with Crippen molar-refractivity contribution in [2.75, 3.05) is 7.11 Å². The molecule has 8 heteroatoms. The molecule has 142 valence electrons. The topological polar surface area (TPSA) is 95.1 Å². The number of imidazole rings is 1. The summed E-state index contributed by atoms with van der Waals surface area (Å²) in [5.41, 5.74) is 3.25. The standard InChI is InChI=1S/C20H19N5O3/c1-13-22-16-10-14(8-9-17(16)25(13)15-6-4-3-5-7-15)20(26)21-11-19-23-18(12-27-2)24-28-19/h3-10H,11-12H2,1-2H3,(H,21,26). The summed E-state index contributed by atoms with van der Waals surface area (Å²) in [6.07, 6.45) is 0. The highest BCUT2D eigenvalue weighted by Gasteiger charge is 2.14. The minimum Gasteiger partial charge on any atom is -0.377 e. The van der Waals surface area contributed by atoms with Gasteiger partial charge in [0.05, 0.1) is 17.6 Å². The fourth-order valence-electron chi connectivity index (χ4n) is 3.05. The van der Waals surface area contributed by atoms with Crippen LogP contribution >= 0.6 is 0 Å². The van der Waals surface area contributed by atoms with E-state index in [0.29, 0.717) is 17.3 Å². The molecule has 0 fully saturated rings. The second-order valence-electron chi connectivity index (χ2n) is 6.25. The maximum Gasteiger partial charge on any atom is 0.251 e. The van der Waals surface area contributed by atoms with Gasteiger partial charge in [-0.05, 0) is 37.3 Å². The summed E-state index contributed by atoms with van der Waals surface area (Å²) in [5, 5.41) is 6.54. The van der Waals surface area contributed by atoms with Gasteiger partial charge in [0.2, 0.25) is 5.89 Å². The second-order valence-corrected chi connectivity index (χ2v) is 6.25. The number of carbonyl (C=O) groups is 1. The average Bonchev–Trinajstić information content (AvgIpc) is 3.29. The van der Waals surface area contributed by atoms with Crippen molar-refractivity contribution < 1.29 is 14.1 Å². The maximum absolute atomic E-state index is 12.5. The second kappa shape index (κ2) is 7.61. The van der Waals surface area contributed by atoms with Gasteiger partial charge in [-0.1, -0.05) is 23.4 Å². The number of aryl methyl sites for hydroxylation is 1. The maximum atomic E-state index is 12.5. The molecule has 0 atom stereocenters. The van der Waals surface area contributed by atoms with Crippen LogP contribution in [0, 0.1) is 6.92 Å². The minimum absolute atomic E-state index is 0.144. The van der Waals surface area contributed by atoms with Gasteiger partial charge >= 0.3 is 0 Å². The van der Waals surface area contributed by atoms with Crippen molar-refractivity contribution in [2.45, 2.75) is 20.1 Å². The average molecular weight is 377 g/mol. The molecule has 1 N–H and O–H groups in total. The molecule has 0 aliphatic heterocycles. The van der Waals surface area contributed by atoms with Crippen LogP contribution in [0.25, 0.3) is 16.7 Å². The van der Waals surface area contributed by atoms with Gasteiger partial charge < -0.3 is 14.6 Å². The molecule has 8 nitrogen and oxygen atoms in total. The predicted molar refractivity (Wildman–Crippen MR) is 102 cm³/mol. The Morgan fingerprint density at radius 2 is 2.00 bits per heavy atom. The van der Waals surface area contributed by atoms with E-state index in [1.807, 2.05) is 43.3 Å². The highest BCUT2D eigenvalue weighted by Crippen LogP contribution is 2.22. The van der Waals surface area contributed by atoms with E-state index in [1.165, 1.54) is 0 Å². The zero-order chi connectivity index (χ0) is 19.5. The van der Waals surface area contributed by atoms with Crippen molar-refractivity contribution in [1.82, 2.24) is 25.0 Å². The number of nitrogens with zero attached hydrogens (tertiary/aromatic N) is 4. The van der Waals surface area contributed by atoms with Crippen molar-refractivity contribution in [3.05, 3.63) is 71.6 Å². The third kappa shape index (κ3) is 3.49. The molecule has 4 aromatic rings. The van der Waals surface area contributed by atoms with Crippen LogP contribution in [0.5, 0.6) is 0 Å². The number of aromatic nitrogens is 4. The van der Waals surface area contributed by atoms with Gasteiger partial charge in [0.1, 0.15) is 12.4 Å². The molecule has 0 spiro atoms. The number of rotatable bonds is 6. The number of methoxy groups -OCH3 is 1. The SMILES string of the molecule is COCc1noc(CNC(=O)c2ccc3c(c2)nc(C)n3-c2ccccc2)n1. The quantitative estimate of drug-likeness (QED) is 0.555. The Hall–Kier alpha value is -3.52. The summed E-state index contributed by atoms with van der Waals surface area (Å²) in [5.74, 6) is 1.39. The van der Waals surface area contributed by atoms with E-state index in [1.54, 1.807) is 19.2 Å². The van der Waals surface area contributed by atoms with Crippen LogP contribution in [0.1, 0.15) is 27.9 Å². The lowest BCUT2D eigenvalue weighted by Gasteiger charge is -2.07. The molecule has 2 aromatic heterocycles. The molecule has 0 radical (unpaired) electrons. The van der Waals surface area contributed by atoms with Gasteiger partial charge in [0.15, 0.2) is 5.82 Å². The first kappa shape index (κ1) is 17.9. The Balaban J connectivity index is 1.53. The van der Waals surface area contributed by atoms with Crippen LogP contribution in [0.15, 0.2) is 53.1 Å². The van der Waals surface area contributed by atoms with Gasteiger partial charge in [0, 0.05) is 18.4 Å². The van der Waals surface area contributed by atoms with Crippen LogP contribution in [-0.2, 0) is 17.9 Å². The monoisotopic (exact) mass is 377 g/mol. The summed E-state index contributed by atoms with van der Waals surface area (Å²) in [4.78, 5) is 21.2. The number of hydrogen-bond acceptors (Lipinski definition) is 6. The molecule has 2 heterocycles. The van der Waals surface area contributed by atoms with E-state index in [-0.39, 0.29) is 19.1 Å². The van der Waals surface area contributed by atoms with E-state index < -0.39 is 0 Å².